The predicted octanol–water partition coefficient (Wildman–Crippen LogP) is 3.87. The SMILES string of the molecule is Nc1ccc(OC(F)(F)F)cc1-c1ccc(CO)c2ncccc12. The summed E-state index contributed by atoms with van der Waals surface area (Å²) in [5, 5.41) is 10.1. The molecule has 0 aliphatic heterocycles. The van der Waals surface area contributed by atoms with Gasteiger partial charge in [0, 0.05) is 28.4 Å². The lowest BCUT2D eigenvalue weighted by Gasteiger charge is -2.14. The maximum atomic E-state index is 12.4. The molecule has 1 aromatic heterocycles. The zero-order valence-corrected chi connectivity index (χ0v) is 12.3. The van der Waals surface area contributed by atoms with Gasteiger partial charge in [0.1, 0.15) is 5.75 Å². The summed E-state index contributed by atoms with van der Waals surface area (Å²) in [7, 11) is 0. The number of hydrogen-bond donors (Lipinski definition) is 2. The number of benzene rings is 2. The van der Waals surface area contributed by atoms with Crippen molar-refractivity contribution in [1.82, 2.24) is 4.98 Å². The topological polar surface area (TPSA) is 68.4 Å². The number of pyridine rings is 1. The highest BCUT2D eigenvalue weighted by atomic mass is 19.4. The lowest BCUT2D eigenvalue weighted by Crippen LogP contribution is -2.17. The molecule has 0 fully saturated rings. The van der Waals surface area contributed by atoms with Crippen LogP contribution in [0.3, 0.4) is 0 Å². The van der Waals surface area contributed by atoms with Gasteiger partial charge in [-0.1, -0.05) is 18.2 Å². The molecular weight excluding hydrogens is 321 g/mol. The van der Waals surface area contributed by atoms with Crippen molar-refractivity contribution in [2.45, 2.75) is 13.0 Å². The first-order chi connectivity index (χ1) is 11.4. The molecule has 24 heavy (non-hydrogen) atoms. The van der Waals surface area contributed by atoms with Crippen LogP contribution in [-0.2, 0) is 6.61 Å². The Labute approximate surface area is 135 Å². The number of nitrogen functional groups attached to an aromatic ring is 1. The molecule has 1 heterocycles. The lowest BCUT2D eigenvalue weighted by molar-refractivity contribution is -0.274. The van der Waals surface area contributed by atoms with Gasteiger partial charge in [0.25, 0.3) is 0 Å². The van der Waals surface area contributed by atoms with E-state index in [1.807, 2.05) is 0 Å². The van der Waals surface area contributed by atoms with Gasteiger partial charge in [-0.3, -0.25) is 4.98 Å². The van der Waals surface area contributed by atoms with E-state index in [0.29, 0.717) is 33.3 Å². The number of nitrogens with zero attached hydrogens (tertiary/aromatic N) is 1. The predicted molar refractivity (Wildman–Crippen MR) is 84.2 cm³/mol. The molecule has 0 unspecified atom stereocenters. The average molecular weight is 334 g/mol. The van der Waals surface area contributed by atoms with E-state index in [-0.39, 0.29) is 12.4 Å². The van der Waals surface area contributed by atoms with Crippen molar-refractivity contribution in [2.24, 2.45) is 0 Å². The minimum Gasteiger partial charge on any atom is -0.406 e. The molecule has 0 atom stereocenters. The quantitative estimate of drug-likeness (QED) is 0.714. The third-order valence-corrected chi connectivity index (χ3v) is 3.57. The van der Waals surface area contributed by atoms with E-state index in [0.717, 1.165) is 6.07 Å². The largest absolute Gasteiger partial charge is 0.573 e. The number of aliphatic hydroxyl groups excluding tert-OH is 1. The second kappa shape index (κ2) is 6.01. The summed E-state index contributed by atoms with van der Waals surface area (Å²) in [6.07, 6.45) is -3.20. The van der Waals surface area contributed by atoms with Crippen molar-refractivity contribution in [3.63, 3.8) is 0 Å². The molecule has 0 aliphatic rings. The maximum Gasteiger partial charge on any atom is 0.573 e. The van der Waals surface area contributed by atoms with Gasteiger partial charge in [0.05, 0.1) is 12.1 Å². The second-order valence-corrected chi connectivity index (χ2v) is 5.13. The molecule has 3 aromatic rings. The summed E-state index contributed by atoms with van der Waals surface area (Å²) in [5.41, 5.74) is 8.45. The number of rotatable bonds is 3. The zero-order chi connectivity index (χ0) is 17.3. The molecule has 7 heteroatoms. The van der Waals surface area contributed by atoms with Crippen LogP contribution in [0.1, 0.15) is 5.56 Å². The Hall–Kier alpha value is -2.80. The molecule has 0 bridgehead atoms. The zero-order valence-electron chi connectivity index (χ0n) is 12.3. The highest BCUT2D eigenvalue weighted by Gasteiger charge is 2.31. The molecule has 0 spiro atoms. The van der Waals surface area contributed by atoms with Gasteiger partial charge in [-0.15, -0.1) is 13.2 Å². The van der Waals surface area contributed by atoms with Crippen LogP contribution < -0.4 is 10.5 Å². The number of aromatic nitrogens is 1. The van der Waals surface area contributed by atoms with Gasteiger partial charge in [-0.25, -0.2) is 0 Å². The van der Waals surface area contributed by atoms with E-state index in [2.05, 4.69) is 9.72 Å². The maximum absolute atomic E-state index is 12.4. The summed E-state index contributed by atoms with van der Waals surface area (Å²) in [6, 6.07) is 10.6. The van der Waals surface area contributed by atoms with E-state index in [1.54, 1.807) is 30.5 Å². The van der Waals surface area contributed by atoms with Crippen LogP contribution in [0.4, 0.5) is 18.9 Å². The summed E-state index contributed by atoms with van der Waals surface area (Å²) in [6.45, 7) is -0.194. The second-order valence-electron chi connectivity index (χ2n) is 5.13. The lowest BCUT2D eigenvalue weighted by atomic mass is 9.96. The number of fused-ring (bicyclic) bond motifs is 1. The monoisotopic (exact) mass is 334 g/mol. The molecule has 0 saturated carbocycles. The van der Waals surface area contributed by atoms with Crippen LogP contribution >= 0.6 is 0 Å². The fourth-order valence-corrected chi connectivity index (χ4v) is 2.56. The highest BCUT2D eigenvalue weighted by Crippen LogP contribution is 2.36. The Bertz CT molecular complexity index is 895. The fraction of sp³-hybridized carbons (Fsp3) is 0.118. The number of alkyl halides is 3. The van der Waals surface area contributed by atoms with Gasteiger partial charge >= 0.3 is 6.36 Å². The minimum absolute atomic E-state index is 0.194. The molecule has 3 N–H and O–H groups in total. The third-order valence-electron chi connectivity index (χ3n) is 3.57. The average Bonchev–Trinajstić information content (AvgIpc) is 2.54. The number of anilines is 1. The Morgan fingerprint density at radius 2 is 1.88 bits per heavy atom. The van der Waals surface area contributed by atoms with Gasteiger partial charge in [-0.2, -0.15) is 0 Å². The van der Waals surface area contributed by atoms with E-state index in [9.17, 15) is 18.3 Å². The van der Waals surface area contributed by atoms with Gasteiger partial charge in [0.15, 0.2) is 0 Å². The molecule has 0 amide bonds. The van der Waals surface area contributed by atoms with E-state index in [4.69, 9.17) is 5.73 Å². The number of halogens is 3. The molecule has 2 aromatic carbocycles. The summed E-state index contributed by atoms with van der Waals surface area (Å²) in [4.78, 5) is 4.24. The molecular formula is C17H13F3N2O2. The molecule has 3 rings (SSSR count). The molecule has 0 radical (unpaired) electrons. The van der Waals surface area contributed by atoms with E-state index >= 15 is 0 Å². The van der Waals surface area contributed by atoms with Crippen LogP contribution in [0, 0.1) is 0 Å². The van der Waals surface area contributed by atoms with Crippen LogP contribution in [0.5, 0.6) is 5.75 Å². The first-order valence-electron chi connectivity index (χ1n) is 7.02. The first kappa shape index (κ1) is 16.1. The van der Waals surface area contributed by atoms with Crippen molar-refractivity contribution in [1.29, 1.82) is 0 Å². The normalized spacial score (nSPS) is 11.7. The summed E-state index contributed by atoms with van der Waals surface area (Å²) < 4.78 is 41.3. The smallest absolute Gasteiger partial charge is 0.406 e. The molecule has 124 valence electrons. The molecule has 0 saturated heterocycles. The fourth-order valence-electron chi connectivity index (χ4n) is 2.56. The molecule has 0 aliphatic carbocycles. The highest BCUT2D eigenvalue weighted by molar-refractivity contribution is 5.99. The van der Waals surface area contributed by atoms with Crippen molar-refractivity contribution >= 4 is 16.6 Å². The van der Waals surface area contributed by atoms with Crippen LogP contribution in [0.25, 0.3) is 22.0 Å². The number of nitrogens with two attached hydrogens (primary N) is 1. The Morgan fingerprint density at radius 3 is 2.58 bits per heavy atom. The van der Waals surface area contributed by atoms with E-state index < -0.39 is 6.36 Å². The van der Waals surface area contributed by atoms with Crippen LogP contribution in [-0.4, -0.2) is 16.5 Å². The van der Waals surface area contributed by atoms with Crippen molar-refractivity contribution in [2.75, 3.05) is 5.73 Å². The van der Waals surface area contributed by atoms with Crippen LogP contribution in [0.15, 0.2) is 48.7 Å². The Morgan fingerprint density at radius 1 is 1.08 bits per heavy atom. The summed E-state index contributed by atoms with van der Waals surface area (Å²) >= 11 is 0. The Kier molecular flexibility index (Phi) is 4.02. The standard InChI is InChI=1S/C17H13F3N2O2/c18-17(19,20)24-11-4-6-15(21)14(8-11)12-5-3-10(9-23)16-13(12)2-1-7-22-16/h1-8,23H,9,21H2. The number of aliphatic hydroxyl groups is 1. The minimum atomic E-state index is -4.78. The van der Waals surface area contributed by atoms with Crippen molar-refractivity contribution in [3.05, 3.63) is 54.2 Å². The van der Waals surface area contributed by atoms with Crippen molar-refractivity contribution in [3.8, 4) is 16.9 Å². The Balaban J connectivity index is 2.19. The third kappa shape index (κ3) is 3.11. The van der Waals surface area contributed by atoms with Crippen molar-refractivity contribution < 1.29 is 23.0 Å². The number of hydrogen-bond acceptors (Lipinski definition) is 4. The summed E-state index contributed by atoms with van der Waals surface area (Å²) in [5.74, 6) is -0.352. The molecule has 4 nitrogen and oxygen atoms in total. The van der Waals surface area contributed by atoms with Gasteiger partial charge in [-0.05, 0) is 29.8 Å². The first-order valence-corrected chi connectivity index (χ1v) is 7.02. The van der Waals surface area contributed by atoms with Crippen LogP contribution in [0.2, 0.25) is 0 Å². The van der Waals surface area contributed by atoms with Gasteiger partial charge in [0.2, 0.25) is 0 Å². The number of ether oxygens (including phenoxy) is 1. The van der Waals surface area contributed by atoms with E-state index in [1.165, 1.54) is 12.1 Å². The van der Waals surface area contributed by atoms with Gasteiger partial charge < -0.3 is 15.6 Å².